The molecular weight excluding hydrogens is 198 g/mol. The molecule has 90 valence electrons. The van der Waals surface area contributed by atoms with Gasteiger partial charge in [-0.25, -0.2) is 0 Å². The summed E-state index contributed by atoms with van der Waals surface area (Å²) in [5.74, 6) is 0. The second-order valence-electron chi connectivity index (χ2n) is 4.45. The summed E-state index contributed by atoms with van der Waals surface area (Å²) >= 11 is 0. The fraction of sp³-hybridized carbons (Fsp3) is 0.571. The van der Waals surface area contributed by atoms with Gasteiger partial charge in [0.15, 0.2) is 0 Å². The zero-order chi connectivity index (χ0) is 12.0. The Labute approximate surface area is 98.8 Å². The smallest absolute Gasteiger partial charge is 0.0662 e. The third kappa shape index (κ3) is 4.33. The van der Waals surface area contributed by atoms with Gasteiger partial charge in [-0.3, -0.25) is 0 Å². The van der Waals surface area contributed by atoms with E-state index in [1.165, 1.54) is 5.56 Å². The maximum absolute atomic E-state index is 6.08. The van der Waals surface area contributed by atoms with E-state index in [1.807, 2.05) is 6.07 Å². The van der Waals surface area contributed by atoms with Gasteiger partial charge in [-0.15, -0.1) is 0 Å². The quantitative estimate of drug-likeness (QED) is 0.800. The monoisotopic (exact) mass is 221 g/mol. The van der Waals surface area contributed by atoms with Crippen molar-refractivity contribution >= 4 is 0 Å². The van der Waals surface area contributed by atoms with Crippen molar-refractivity contribution in [2.24, 2.45) is 5.73 Å². The Morgan fingerprint density at radius 3 is 2.75 bits per heavy atom. The highest BCUT2D eigenvalue weighted by molar-refractivity contribution is 5.24. The molecule has 1 aromatic carbocycles. The molecule has 0 saturated carbocycles. The molecule has 2 N–H and O–H groups in total. The van der Waals surface area contributed by atoms with Gasteiger partial charge in [0.05, 0.1) is 18.8 Å². The predicted molar refractivity (Wildman–Crippen MR) is 68.4 cm³/mol. The second-order valence-corrected chi connectivity index (χ2v) is 4.45. The molecule has 0 aliphatic heterocycles. The Balaban J connectivity index is 2.43. The standard InChI is InChI=1S/C14H23NO/c1-4-6-12(3)16-10-14(15)13-8-5-7-11(2)9-13/h5,7-9,12,14H,4,6,10,15H2,1-3H3. The Kier molecular flexibility index (Phi) is 5.50. The third-order valence-electron chi connectivity index (χ3n) is 2.73. The molecule has 0 saturated heterocycles. The molecule has 0 aliphatic rings. The molecule has 1 aromatic rings. The van der Waals surface area contributed by atoms with E-state index < -0.39 is 0 Å². The highest BCUT2D eigenvalue weighted by atomic mass is 16.5. The van der Waals surface area contributed by atoms with Crippen LogP contribution in [0.15, 0.2) is 24.3 Å². The first-order chi connectivity index (χ1) is 7.63. The van der Waals surface area contributed by atoms with Crippen LogP contribution in [0.25, 0.3) is 0 Å². The Bertz CT molecular complexity index is 311. The molecule has 2 nitrogen and oxygen atoms in total. The van der Waals surface area contributed by atoms with Crippen LogP contribution in [0.4, 0.5) is 0 Å². The van der Waals surface area contributed by atoms with Gasteiger partial charge in [0, 0.05) is 0 Å². The molecule has 2 heteroatoms. The lowest BCUT2D eigenvalue weighted by Crippen LogP contribution is -2.20. The summed E-state index contributed by atoms with van der Waals surface area (Å²) in [4.78, 5) is 0. The van der Waals surface area contributed by atoms with Crippen LogP contribution >= 0.6 is 0 Å². The molecule has 0 fully saturated rings. The lowest BCUT2D eigenvalue weighted by atomic mass is 10.1. The molecule has 1 rings (SSSR count). The van der Waals surface area contributed by atoms with Gasteiger partial charge < -0.3 is 10.5 Å². The van der Waals surface area contributed by atoms with Crippen molar-refractivity contribution in [2.45, 2.75) is 45.8 Å². The van der Waals surface area contributed by atoms with Crippen molar-refractivity contribution in [3.05, 3.63) is 35.4 Å². The van der Waals surface area contributed by atoms with E-state index in [-0.39, 0.29) is 6.04 Å². The summed E-state index contributed by atoms with van der Waals surface area (Å²) in [6.45, 7) is 6.95. The van der Waals surface area contributed by atoms with E-state index >= 15 is 0 Å². The van der Waals surface area contributed by atoms with Crippen LogP contribution in [0.3, 0.4) is 0 Å². The van der Waals surface area contributed by atoms with E-state index in [9.17, 15) is 0 Å². The van der Waals surface area contributed by atoms with Crippen LogP contribution in [-0.4, -0.2) is 12.7 Å². The van der Waals surface area contributed by atoms with E-state index in [0.29, 0.717) is 12.7 Å². The molecule has 16 heavy (non-hydrogen) atoms. The van der Waals surface area contributed by atoms with Gasteiger partial charge in [-0.05, 0) is 25.8 Å². The number of rotatable bonds is 6. The molecule has 0 amide bonds. The molecule has 2 atom stereocenters. The molecule has 0 radical (unpaired) electrons. The van der Waals surface area contributed by atoms with Gasteiger partial charge in [0.2, 0.25) is 0 Å². The first-order valence-electron chi connectivity index (χ1n) is 6.07. The minimum Gasteiger partial charge on any atom is -0.377 e. The van der Waals surface area contributed by atoms with Crippen molar-refractivity contribution in [1.82, 2.24) is 0 Å². The van der Waals surface area contributed by atoms with Gasteiger partial charge in [-0.1, -0.05) is 43.2 Å². The zero-order valence-electron chi connectivity index (χ0n) is 10.6. The Hall–Kier alpha value is -0.860. The average molecular weight is 221 g/mol. The first kappa shape index (κ1) is 13.2. The maximum atomic E-state index is 6.08. The van der Waals surface area contributed by atoms with Crippen molar-refractivity contribution in [2.75, 3.05) is 6.61 Å². The van der Waals surface area contributed by atoms with Crippen LogP contribution in [0, 0.1) is 6.92 Å². The fourth-order valence-electron chi connectivity index (χ4n) is 1.75. The normalized spacial score (nSPS) is 14.8. The van der Waals surface area contributed by atoms with Gasteiger partial charge in [0.25, 0.3) is 0 Å². The van der Waals surface area contributed by atoms with E-state index in [0.717, 1.165) is 18.4 Å². The van der Waals surface area contributed by atoms with Gasteiger partial charge in [0.1, 0.15) is 0 Å². The van der Waals surface area contributed by atoms with Crippen LogP contribution in [0.1, 0.15) is 43.9 Å². The van der Waals surface area contributed by atoms with E-state index in [4.69, 9.17) is 10.5 Å². The van der Waals surface area contributed by atoms with Crippen molar-refractivity contribution in [3.63, 3.8) is 0 Å². The minimum absolute atomic E-state index is 0.0146. The molecule has 0 aromatic heterocycles. The SMILES string of the molecule is CCCC(C)OCC(N)c1cccc(C)c1. The van der Waals surface area contributed by atoms with Crippen molar-refractivity contribution < 1.29 is 4.74 Å². The molecular formula is C14H23NO. The second kappa shape index (κ2) is 6.66. The number of hydrogen-bond acceptors (Lipinski definition) is 2. The molecule has 0 spiro atoms. The summed E-state index contributed by atoms with van der Waals surface area (Å²) in [5.41, 5.74) is 8.48. The molecule has 0 aliphatic carbocycles. The molecule has 0 bridgehead atoms. The Morgan fingerprint density at radius 1 is 1.38 bits per heavy atom. The summed E-state index contributed by atoms with van der Waals surface area (Å²) < 4.78 is 5.71. The largest absolute Gasteiger partial charge is 0.377 e. The predicted octanol–water partition coefficient (Wildman–Crippen LogP) is 3.20. The van der Waals surface area contributed by atoms with E-state index in [2.05, 4.69) is 39.0 Å². The van der Waals surface area contributed by atoms with Crippen molar-refractivity contribution in [1.29, 1.82) is 0 Å². The number of hydrogen-bond donors (Lipinski definition) is 1. The summed E-state index contributed by atoms with van der Waals surface area (Å²) in [6, 6.07) is 8.29. The number of benzene rings is 1. The maximum Gasteiger partial charge on any atom is 0.0662 e. The lowest BCUT2D eigenvalue weighted by molar-refractivity contribution is 0.0503. The lowest BCUT2D eigenvalue weighted by Gasteiger charge is -2.17. The van der Waals surface area contributed by atoms with Crippen LogP contribution in [0.2, 0.25) is 0 Å². The van der Waals surface area contributed by atoms with Crippen LogP contribution in [-0.2, 0) is 4.74 Å². The van der Waals surface area contributed by atoms with Crippen LogP contribution in [0.5, 0.6) is 0 Å². The topological polar surface area (TPSA) is 35.2 Å². The average Bonchev–Trinajstić information content (AvgIpc) is 2.26. The first-order valence-corrected chi connectivity index (χ1v) is 6.07. The zero-order valence-corrected chi connectivity index (χ0v) is 10.6. The third-order valence-corrected chi connectivity index (χ3v) is 2.73. The molecule has 0 heterocycles. The fourth-order valence-corrected chi connectivity index (χ4v) is 1.75. The van der Waals surface area contributed by atoms with Gasteiger partial charge >= 0.3 is 0 Å². The number of ether oxygens (including phenoxy) is 1. The Morgan fingerprint density at radius 2 is 2.12 bits per heavy atom. The van der Waals surface area contributed by atoms with Crippen molar-refractivity contribution in [3.8, 4) is 0 Å². The summed E-state index contributed by atoms with van der Waals surface area (Å²) in [7, 11) is 0. The van der Waals surface area contributed by atoms with E-state index in [1.54, 1.807) is 0 Å². The van der Waals surface area contributed by atoms with Gasteiger partial charge in [-0.2, -0.15) is 0 Å². The highest BCUT2D eigenvalue weighted by Crippen LogP contribution is 2.13. The summed E-state index contributed by atoms with van der Waals surface area (Å²) in [6.07, 6.45) is 2.56. The highest BCUT2D eigenvalue weighted by Gasteiger charge is 2.08. The number of aryl methyl sites for hydroxylation is 1. The molecule has 2 unspecified atom stereocenters. The summed E-state index contributed by atoms with van der Waals surface area (Å²) in [5, 5.41) is 0. The minimum atomic E-state index is -0.0146. The number of nitrogens with two attached hydrogens (primary N) is 1. The van der Waals surface area contributed by atoms with Crippen LogP contribution < -0.4 is 5.73 Å².